The lowest BCUT2D eigenvalue weighted by molar-refractivity contribution is -0.136. The first-order chi connectivity index (χ1) is 17.7. The van der Waals surface area contributed by atoms with Gasteiger partial charge in [0.05, 0.1) is 0 Å². The second kappa shape index (κ2) is 10.4. The van der Waals surface area contributed by atoms with E-state index in [0.29, 0.717) is 35.0 Å². The summed E-state index contributed by atoms with van der Waals surface area (Å²) >= 11 is 6.23. The van der Waals surface area contributed by atoms with Gasteiger partial charge in [0.15, 0.2) is 0 Å². The highest BCUT2D eigenvalue weighted by Crippen LogP contribution is 2.29. The van der Waals surface area contributed by atoms with Crippen molar-refractivity contribution >= 4 is 41.0 Å². The normalized spacial score (nSPS) is 21.6. The average Bonchev–Trinajstić information content (AvgIpc) is 3.39. The Kier molecular flexibility index (Phi) is 7.03. The fourth-order valence-electron chi connectivity index (χ4n) is 4.96. The monoisotopic (exact) mass is 525 g/mol. The molecule has 37 heavy (non-hydrogen) atoms. The SMILES string of the molecule is CN1CCC(Oc2cc(Cl)cc(NC(=O)NCc3ccc4c(c3)C(=O)N(C3CCC(=O)NC3=O)C4)c2)C1. The Bertz CT molecular complexity index is 1270. The molecule has 0 spiro atoms. The fourth-order valence-corrected chi connectivity index (χ4v) is 5.18. The van der Waals surface area contributed by atoms with Crippen LogP contribution in [0.15, 0.2) is 36.4 Å². The maximum absolute atomic E-state index is 13.0. The highest BCUT2D eigenvalue weighted by atomic mass is 35.5. The molecule has 0 saturated carbocycles. The van der Waals surface area contributed by atoms with E-state index in [2.05, 4.69) is 20.9 Å². The second-order valence-electron chi connectivity index (χ2n) is 9.67. The van der Waals surface area contributed by atoms with Crippen LogP contribution in [0.25, 0.3) is 0 Å². The second-order valence-corrected chi connectivity index (χ2v) is 10.1. The molecule has 0 bridgehead atoms. The zero-order valence-corrected chi connectivity index (χ0v) is 21.1. The lowest BCUT2D eigenvalue weighted by atomic mass is 10.0. The molecule has 3 aliphatic rings. The summed E-state index contributed by atoms with van der Waals surface area (Å²) in [6, 6.07) is 9.42. The van der Waals surface area contributed by atoms with Crippen LogP contribution in [0, 0.1) is 0 Å². The molecule has 2 unspecified atom stereocenters. The molecule has 5 rings (SSSR count). The summed E-state index contributed by atoms with van der Waals surface area (Å²) in [5.41, 5.74) is 2.56. The van der Waals surface area contributed by atoms with Gasteiger partial charge in [0, 0.05) is 54.9 Å². The highest BCUT2D eigenvalue weighted by molar-refractivity contribution is 6.31. The van der Waals surface area contributed by atoms with E-state index in [1.807, 2.05) is 19.2 Å². The van der Waals surface area contributed by atoms with E-state index >= 15 is 0 Å². The summed E-state index contributed by atoms with van der Waals surface area (Å²) in [7, 11) is 2.05. The van der Waals surface area contributed by atoms with Gasteiger partial charge in [-0.05, 0) is 49.2 Å². The number of benzene rings is 2. The number of likely N-dealkylation sites (N-methyl/N-ethyl adjacent to an activating group) is 1. The quantitative estimate of drug-likeness (QED) is 0.498. The molecule has 2 saturated heterocycles. The van der Waals surface area contributed by atoms with E-state index in [1.165, 1.54) is 4.90 Å². The number of nitrogens with zero attached hydrogens (tertiary/aromatic N) is 2. The molecule has 3 heterocycles. The molecule has 194 valence electrons. The van der Waals surface area contributed by atoms with Crippen molar-refractivity contribution < 1.29 is 23.9 Å². The van der Waals surface area contributed by atoms with E-state index in [-0.39, 0.29) is 30.9 Å². The fraction of sp³-hybridized carbons (Fsp3) is 0.385. The van der Waals surface area contributed by atoms with Crippen LogP contribution in [-0.2, 0) is 22.7 Å². The van der Waals surface area contributed by atoms with Gasteiger partial charge >= 0.3 is 6.03 Å². The van der Waals surface area contributed by atoms with Gasteiger partial charge in [-0.25, -0.2) is 4.79 Å². The number of rotatable bonds is 6. The van der Waals surface area contributed by atoms with Crippen molar-refractivity contribution in [2.75, 3.05) is 25.5 Å². The molecule has 5 amide bonds. The third kappa shape index (κ3) is 5.70. The van der Waals surface area contributed by atoms with Crippen molar-refractivity contribution in [1.29, 1.82) is 0 Å². The van der Waals surface area contributed by atoms with Crippen molar-refractivity contribution in [3.8, 4) is 5.75 Å². The number of carbonyl (C=O) groups is 4. The lowest BCUT2D eigenvalue weighted by Gasteiger charge is -2.29. The summed E-state index contributed by atoms with van der Waals surface area (Å²) in [6.07, 6.45) is 1.53. The van der Waals surface area contributed by atoms with Gasteiger partial charge in [0.1, 0.15) is 17.9 Å². The Hall–Kier alpha value is -3.63. The number of likely N-dealkylation sites (tertiary alicyclic amines) is 1. The van der Waals surface area contributed by atoms with Gasteiger partial charge in [-0.3, -0.25) is 19.7 Å². The van der Waals surface area contributed by atoms with Crippen LogP contribution < -0.4 is 20.7 Å². The molecule has 11 heteroatoms. The first-order valence-electron chi connectivity index (χ1n) is 12.2. The van der Waals surface area contributed by atoms with Gasteiger partial charge in [-0.1, -0.05) is 23.7 Å². The first kappa shape index (κ1) is 25.0. The van der Waals surface area contributed by atoms with Gasteiger partial charge in [-0.15, -0.1) is 0 Å². The van der Waals surface area contributed by atoms with E-state index in [1.54, 1.807) is 24.3 Å². The van der Waals surface area contributed by atoms with Crippen LogP contribution in [0.3, 0.4) is 0 Å². The maximum atomic E-state index is 13.0. The van der Waals surface area contributed by atoms with Crippen molar-refractivity contribution in [2.24, 2.45) is 0 Å². The lowest BCUT2D eigenvalue weighted by Crippen LogP contribution is -2.52. The number of piperidine rings is 1. The largest absolute Gasteiger partial charge is 0.489 e. The summed E-state index contributed by atoms with van der Waals surface area (Å²) in [5, 5.41) is 8.32. The minimum Gasteiger partial charge on any atom is -0.489 e. The van der Waals surface area contributed by atoms with Crippen LogP contribution in [-0.4, -0.2) is 65.8 Å². The average molecular weight is 526 g/mol. The molecule has 3 N–H and O–H groups in total. The molecule has 2 aromatic carbocycles. The van der Waals surface area contributed by atoms with E-state index in [4.69, 9.17) is 16.3 Å². The van der Waals surface area contributed by atoms with E-state index < -0.39 is 18.0 Å². The van der Waals surface area contributed by atoms with Gasteiger partial charge in [0.25, 0.3) is 5.91 Å². The standard InChI is InChI=1S/C26H28ClN5O5/c1-31-7-6-19(14-31)37-20-10-17(27)9-18(11-20)29-26(36)28-12-15-2-3-16-13-32(25(35)21(16)8-15)22-4-5-23(33)30-24(22)34/h2-3,8-11,19,22H,4-7,12-14H2,1H3,(H2,28,29,36)(H,30,33,34). The summed E-state index contributed by atoms with van der Waals surface area (Å²) in [4.78, 5) is 52.9. The van der Waals surface area contributed by atoms with Crippen molar-refractivity contribution in [3.05, 3.63) is 58.1 Å². The number of anilines is 1. The van der Waals surface area contributed by atoms with Gasteiger partial charge < -0.3 is 25.2 Å². The molecule has 2 atom stereocenters. The Labute approximate surface area is 219 Å². The number of urea groups is 1. The van der Waals surface area contributed by atoms with Crippen molar-refractivity contribution in [1.82, 2.24) is 20.4 Å². The molecular weight excluding hydrogens is 498 g/mol. The number of hydrogen-bond acceptors (Lipinski definition) is 6. The minimum atomic E-state index is -0.661. The Morgan fingerprint density at radius 1 is 1.16 bits per heavy atom. The molecule has 2 fully saturated rings. The van der Waals surface area contributed by atoms with Gasteiger partial charge in [-0.2, -0.15) is 0 Å². The predicted octanol–water partition coefficient (Wildman–Crippen LogP) is 2.51. The Morgan fingerprint density at radius 3 is 2.76 bits per heavy atom. The predicted molar refractivity (Wildman–Crippen MR) is 136 cm³/mol. The Balaban J connectivity index is 1.18. The number of carbonyl (C=O) groups excluding carboxylic acids is 4. The minimum absolute atomic E-state index is 0.0820. The zero-order chi connectivity index (χ0) is 26.1. The number of halogens is 1. The number of imide groups is 1. The third-order valence-electron chi connectivity index (χ3n) is 6.83. The molecule has 3 aliphatic heterocycles. The van der Waals surface area contributed by atoms with Crippen LogP contribution in [0.5, 0.6) is 5.75 Å². The number of fused-ring (bicyclic) bond motifs is 1. The van der Waals surface area contributed by atoms with Crippen LogP contribution in [0.1, 0.15) is 40.7 Å². The highest BCUT2D eigenvalue weighted by Gasteiger charge is 2.39. The van der Waals surface area contributed by atoms with Crippen LogP contribution in [0.4, 0.5) is 10.5 Å². The molecular formula is C26H28ClN5O5. The number of hydrogen-bond donors (Lipinski definition) is 3. The van der Waals surface area contributed by atoms with E-state index in [9.17, 15) is 19.2 Å². The number of nitrogens with one attached hydrogen (secondary N) is 3. The first-order valence-corrected chi connectivity index (χ1v) is 12.6. The summed E-state index contributed by atoms with van der Waals surface area (Å²) in [6.45, 7) is 2.32. The topological polar surface area (TPSA) is 120 Å². The van der Waals surface area contributed by atoms with Crippen molar-refractivity contribution in [3.63, 3.8) is 0 Å². The Morgan fingerprint density at radius 2 is 2.00 bits per heavy atom. The smallest absolute Gasteiger partial charge is 0.319 e. The summed E-state index contributed by atoms with van der Waals surface area (Å²) < 4.78 is 6.02. The molecule has 0 aliphatic carbocycles. The number of ether oxygens (including phenoxy) is 1. The zero-order valence-electron chi connectivity index (χ0n) is 20.4. The third-order valence-corrected chi connectivity index (χ3v) is 7.04. The summed E-state index contributed by atoms with van der Waals surface area (Å²) in [5.74, 6) is -0.419. The van der Waals surface area contributed by atoms with Crippen LogP contribution in [0.2, 0.25) is 5.02 Å². The van der Waals surface area contributed by atoms with Crippen LogP contribution >= 0.6 is 11.6 Å². The van der Waals surface area contributed by atoms with E-state index in [0.717, 1.165) is 30.6 Å². The molecule has 0 radical (unpaired) electrons. The maximum Gasteiger partial charge on any atom is 0.319 e. The number of amides is 5. The molecule has 2 aromatic rings. The van der Waals surface area contributed by atoms with Gasteiger partial charge in [0.2, 0.25) is 11.8 Å². The molecule has 0 aromatic heterocycles. The van der Waals surface area contributed by atoms with Crippen molar-refractivity contribution in [2.45, 2.75) is 44.5 Å². The molecule has 10 nitrogen and oxygen atoms in total.